The maximum atomic E-state index is 4.73. The van der Waals surface area contributed by atoms with Crippen molar-refractivity contribution in [2.45, 2.75) is 25.2 Å². The van der Waals surface area contributed by atoms with Gasteiger partial charge in [-0.25, -0.2) is 0 Å². The van der Waals surface area contributed by atoms with Crippen LogP contribution in [0.25, 0.3) is 0 Å². The van der Waals surface area contributed by atoms with Gasteiger partial charge in [0.2, 0.25) is 11.9 Å². The summed E-state index contributed by atoms with van der Waals surface area (Å²) in [5, 5.41) is 3.26. The van der Waals surface area contributed by atoms with Crippen molar-refractivity contribution in [3.63, 3.8) is 0 Å². The summed E-state index contributed by atoms with van der Waals surface area (Å²) in [7, 11) is 2.04. The van der Waals surface area contributed by atoms with Crippen molar-refractivity contribution >= 4 is 17.6 Å². The van der Waals surface area contributed by atoms with Crippen LogP contribution in [0.2, 0.25) is 0 Å². The molecule has 0 aromatic carbocycles. The Morgan fingerprint density at radius 2 is 2.00 bits per heavy atom. The molecule has 2 aliphatic rings. The molecule has 1 saturated carbocycles. The van der Waals surface area contributed by atoms with Crippen molar-refractivity contribution in [3.8, 4) is 11.8 Å². The van der Waals surface area contributed by atoms with E-state index in [1.807, 2.05) is 43.5 Å². The zero-order chi connectivity index (χ0) is 18.5. The smallest absolute Gasteiger partial charge is 0.232 e. The first-order valence-corrected chi connectivity index (χ1v) is 9.24. The molecule has 0 radical (unpaired) electrons. The number of aromatic nitrogens is 4. The lowest BCUT2D eigenvalue weighted by Crippen LogP contribution is -2.24. The highest BCUT2D eigenvalue weighted by Crippen LogP contribution is 2.30. The van der Waals surface area contributed by atoms with E-state index in [1.165, 1.54) is 12.8 Å². The number of nitrogens with one attached hydrogen (secondary N) is 1. The molecular weight excluding hydrogens is 336 g/mol. The van der Waals surface area contributed by atoms with Gasteiger partial charge in [-0.3, -0.25) is 4.98 Å². The molecule has 0 saturated heterocycles. The molecule has 2 heterocycles. The first-order chi connectivity index (χ1) is 13.3. The minimum absolute atomic E-state index is 0.149. The Morgan fingerprint density at radius 1 is 1.15 bits per heavy atom. The quantitative estimate of drug-likeness (QED) is 0.798. The first kappa shape index (κ1) is 17.2. The highest BCUT2D eigenvalue weighted by atomic mass is 15.3. The van der Waals surface area contributed by atoms with E-state index < -0.39 is 0 Å². The molecule has 136 valence electrons. The molecule has 27 heavy (non-hydrogen) atoms. The molecule has 1 atom stereocenters. The molecule has 1 fully saturated rings. The number of anilines is 3. The SMILES string of the molecule is CN(CC1CC1)c1nc(Nc2ccncc2)nc(C2C#CC/C=C\C=C/2)n1. The molecule has 0 aliphatic heterocycles. The zero-order valence-corrected chi connectivity index (χ0v) is 15.3. The van der Waals surface area contributed by atoms with Gasteiger partial charge in [-0.15, -0.1) is 0 Å². The van der Waals surface area contributed by atoms with Crippen LogP contribution in [-0.4, -0.2) is 33.5 Å². The third-order valence-electron chi connectivity index (χ3n) is 4.45. The van der Waals surface area contributed by atoms with Crippen molar-refractivity contribution in [2.24, 2.45) is 5.92 Å². The molecule has 2 aliphatic carbocycles. The van der Waals surface area contributed by atoms with Gasteiger partial charge < -0.3 is 10.2 Å². The lowest BCUT2D eigenvalue weighted by molar-refractivity contribution is 0.750. The normalized spacial score (nSPS) is 20.6. The summed E-state index contributed by atoms with van der Waals surface area (Å²) in [5.74, 6) is 8.88. The van der Waals surface area contributed by atoms with E-state index in [1.54, 1.807) is 12.4 Å². The lowest BCUT2D eigenvalue weighted by Gasteiger charge is -2.19. The van der Waals surface area contributed by atoms with Crippen LogP contribution in [0, 0.1) is 17.8 Å². The van der Waals surface area contributed by atoms with E-state index in [0.29, 0.717) is 17.7 Å². The maximum Gasteiger partial charge on any atom is 0.232 e. The Kier molecular flexibility index (Phi) is 5.10. The van der Waals surface area contributed by atoms with Crippen molar-refractivity contribution in [2.75, 3.05) is 23.8 Å². The molecule has 0 spiro atoms. The van der Waals surface area contributed by atoms with E-state index in [2.05, 4.69) is 37.0 Å². The zero-order valence-electron chi connectivity index (χ0n) is 15.3. The van der Waals surface area contributed by atoms with Gasteiger partial charge in [0.15, 0.2) is 5.82 Å². The van der Waals surface area contributed by atoms with Crippen molar-refractivity contribution in [3.05, 3.63) is 54.7 Å². The summed E-state index contributed by atoms with van der Waals surface area (Å²) in [6.45, 7) is 0.965. The molecule has 2 aromatic heterocycles. The molecule has 0 bridgehead atoms. The minimum atomic E-state index is -0.149. The Labute approximate surface area is 159 Å². The summed E-state index contributed by atoms with van der Waals surface area (Å²) in [4.78, 5) is 20.2. The summed E-state index contributed by atoms with van der Waals surface area (Å²) in [5.41, 5.74) is 0.889. The van der Waals surface area contributed by atoms with Gasteiger partial charge in [-0.2, -0.15) is 15.0 Å². The van der Waals surface area contributed by atoms with Crippen LogP contribution < -0.4 is 10.2 Å². The summed E-state index contributed by atoms with van der Waals surface area (Å²) in [6, 6.07) is 3.77. The van der Waals surface area contributed by atoms with Gasteiger partial charge in [0.05, 0.1) is 5.92 Å². The van der Waals surface area contributed by atoms with Crippen LogP contribution in [0.5, 0.6) is 0 Å². The third kappa shape index (κ3) is 4.70. The van der Waals surface area contributed by atoms with Gasteiger partial charge in [0.25, 0.3) is 0 Å². The van der Waals surface area contributed by atoms with Crippen LogP contribution in [0.15, 0.2) is 48.8 Å². The van der Waals surface area contributed by atoms with E-state index in [4.69, 9.17) is 4.98 Å². The molecular formula is C21H22N6. The summed E-state index contributed by atoms with van der Waals surface area (Å²) >= 11 is 0. The average molecular weight is 358 g/mol. The predicted octanol–water partition coefficient (Wildman–Crippen LogP) is 3.46. The number of allylic oxidation sites excluding steroid dienone is 4. The standard InChI is InChI=1S/C21H22N6/c1-27(15-16-9-10-16)21-25-19(17-7-5-3-2-4-6-8-17)24-20(26-21)23-18-11-13-22-14-12-18/h2-3,5,7,11-14,16-17H,4,9-10,15H2,1H3,(H,22,23,24,25,26)/b3-2-,7-5-. The van der Waals surface area contributed by atoms with Gasteiger partial charge in [-0.05, 0) is 30.9 Å². The number of hydrogen-bond acceptors (Lipinski definition) is 6. The second kappa shape index (κ2) is 8.00. The number of rotatable bonds is 6. The molecule has 6 heteroatoms. The fraction of sp³-hybridized carbons (Fsp3) is 0.333. The summed E-state index contributed by atoms with van der Waals surface area (Å²) < 4.78 is 0. The fourth-order valence-corrected chi connectivity index (χ4v) is 2.83. The fourth-order valence-electron chi connectivity index (χ4n) is 2.83. The van der Waals surface area contributed by atoms with E-state index >= 15 is 0 Å². The van der Waals surface area contributed by atoms with Crippen molar-refractivity contribution in [1.29, 1.82) is 0 Å². The van der Waals surface area contributed by atoms with E-state index in [0.717, 1.165) is 24.6 Å². The van der Waals surface area contributed by atoms with Crippen LogP contribution in [0.1, 0.15) is 31.0 Å². The van der Waals surface area contributed by atoms with Crippen LogP contribution in [0.4, 0.5) is 17.6 Å². The summed E-state index contributed by atoms with van der Waals surface area (Å²) in [6.07, 6.45) is 14.9. The highest BCUT2D eigenvalue weighted by molar-refractivity contribution is 5.53. The first-order valence-electron chi connectivity index (χ1n) is 9.24. The van der Waals surface area contributed by atoms with Crippen LogP contribution >= 0.6 is 0 Å². The Balaban J connectivity index is 1.67. The molecule has 4 rings (SSSR count). The highest BCUT2D eigenvalue weighted by Gasteiger charge is 2.25. The van der Waals surface area contributed by atoms with Gasteiger partial charge >= 0.3 is 0 Å². The third-order valence-corrected chi connectivity index (χ3v) is 4.45. The monoisotopic (exact) mass is 358 g/mol. The Morgan fingerprint density at radius 3 is 2.81 bits per heavy atom. The van der Waals surface area contributed by atoms with Gasteiger partial charge in [0, 0.05) is 38.1 Å². The number of pyridine rings is 1. The van der Waals surface area contributed by atoms with Crippen LogP contribution in [-0.2, 0) is 0 Å². The molecule has 6 nitrogen and oxygen atoms in total. The van der Waals surface area contributed by atoms with Crippen LogP contribution in [0.3, 0.4) is 0 Å². The second-order valence-corrected chi connectivity index (χ2v) is 6.82. The van der Waals surface area contributed by atoms with E-state index in [-0.39, 0.29) is 5.92 Å². The lowest BCUT2D eigenvalue weighted by atomic mass is 10.1. The average Bonchev–Trinajstić information content (AvgIpc) is 3.46. The maximum absolute atomic E-state index is 4.73. The topological polar surface area (TPSA) is 66.8 Å². The number of hydrogen-bond donors (Lipinski definition) is 1. The van der Waals surface area contributed by atoms with Gasteiger partial charge in [0.1, 0.15) is 0 Å². The second-order valence-electron chi connectivity index (χ2n) is 6.82. The largest absolute Gasteiger partial charge is 0.343 e. The molecule has 1 unspecified atom stereocenters. The number of nitrogens with zero attached hydrogens (tertiary/aromatic N) is 5. The molecule has 2 aromatic rings. The Hall–Kier alpha value is -3.20. The Bertz CT molecular complexity index is 905. The molecule has 1 N–H and O–H groups in total. The van der Waals surface area contributed by atoms with Crippen molar-refractivity contribution < 1.29 is 0 Å². The van der Waals surface area contributed by atoms with Gasteiger partial charge in [-0.1, -0.05) is 36.1 Å². The van der Waals surface area contributed by atoms with Crippen molar-refractivity contribution in [1.82, 2.24) is 19.9 Å². The minimum Gasteiger partial charge on any atom is -0.343 e. The predicted molar refractivity (Wildman–Crippen MR) is 107 cm³/mol. The van der Waals surface area contributed by atoms with E-state index in [9.17, 15) is 0 Å². The molecule has 0 amide bonds.